The number of benzene rings is 2. The van der Waals surface area contributed by atoms with Crippen LogP contribution in [0.4, 0.5) is 17.2 Å². The first-order valence-electron chi connectivity index (χ1n) is 10.7. The highest BCUT2D eigenvalue weighted by Gasteiger charge is 2.40. The molecule has 1 aromatic heterocycles. The maximum atomic E-state index is 13.0. The van der Waals surface area contributed by atoms with Gasteiger partial charge in [0.15, 0.2) is 0 Å². The highest BCUT2D eigenvalue weighted by molar-refractivity contribution is 6.09. The molecule has 0 atom stereocenters. The van der Waals surface area contributed by atoms with Crippen molar-refractivity contribution in [2.45, 2.75) is 34.1 Å². The van der Waals surface area contributed by atoms with Crippen LogP contribution in [0.2, 0.25) is 0 Å². The van der Waals surface area contributed by atoms with E-state index in [0.717, 1.165) is 76.2 Å². The van der Waals surface area contributed by atoms with Crippen LogP contribution in [0.15, 0.2) is 30.5 Å². The van der Waals surface area contributed by atoms with Crippen LogP contribution in [-0.2, 0) is 0 Å². The summed E-state index contributed by atoms with van der Waals surface area (Å²) < 4.78 is 0.990. The van der Waals surface area contributed by atoms with E-state index < -0.39 is 0 Å². The van der Waals surface area contributed by atoms with E-state index in [9.17, 15) is 10.0 Å². The largest absolute Gasteiger partial charge is 0.508 e. The van der Waals surface area contributed by atoms with Crippen molar-refractivity contribution in [1.29, 1.82) is 0 Å². The van der Waals surface area contributed by atoms with E-state index in [1.165, 1.54) is 0 Å². The third-order valence-electron chi connectivity index (χ3n) is 6.21. The maximum Gasteiger partial charge on any atom is 0.275 e. The van der Waals surface area contributed by atoms with Crippen molar-refractivity contribution in [2.24, 2.45) is 0 Å². The van der Waals surface area contributed by atoms with E-state index in [4.69, 9.17) is 0 Å². The van der Waals surface area contributed by atoms with Crippen LogP contribution in [0.3, 0.4) is 0 Å². The highest BCUT2D eigenvalue weighted by Crippen LogP contribution is 2.52. The molecule has 0 amide bonds. The average molecular weight is 406 g/mol. The van der Waals surface area contributed by atoms with Crippen LogP contribution in [0, 0.1) is 18.8 Å². The minimum atomic E-state index is 0.160. The number of nitroso groups, excluding NO2 is 1. The molecule has 0 saturated heterocycles. The summed E-state index contributed by atoms with van der Waals surface area (Å²) in [6, 6.07) is 6.90. The number of pyridine rings is 1. The van der Waals surface area contributed by atoms with E-state index in [1.807, 2.05) is 19.9 Å². The van der Waals surface area contributed by atoms with Crippen LogP contribution in [0.25, 0.3) is 21.9 Å². The third-order valence-corrected chi connectivity index (χ3v) is 6.21. The first-order chi connectivity index (χ1) is 14.5. The van der Waals surface area contributed by atoms with E-state index in [2.05, 4.69) is 29.0 Å². The van der Waals surface area contributed by atoms with Crippen molar-refractivity contribution >= 4 is 28.0 Å². The number of hydrogen-bond acceptors (Lipinski definition) is 5. The zero-order valence-electron chi connectivity index (χ0n) is 18.1. The van der Waals surface area contributed by atoms with E-state index in [0.29, 0.717) is 11.4 Å². The lowest BCUT2D eigenvalue weighted by Crippen LogP contribution is -2.25. The molecule has 156 valence electrons. The smallest absolute Gasteiger partial charge is 0.275 e. The van der Waals surface area contributed by atoms with E-state index >= 15 is 0 Å². The monoisotopic (exact) mass is 405 g/mol. The molecular formula is C24H29N4O2+. The molecule has 0 radical (unpaired) electrons. The Bertz CT molecular complexity index is 1140. The molecule has 0 spiro atoms. The second-order valence-electron chi connectivity index (χ2n) is 7.86. The Labute approximate surface area is 177 Å². The van der Waals surface area contributed by atoms with Crippen LogP contribution >= 0.6 is 0 Å². The number of phenols is 1. The summed E-state index contributed by atoms with van der Waals surface area (Å²) in [4.78, 5) is 20.1. The molecule has 6 heteroatoms. The van der Waals surface area contributed by atoms with Gasteiger partial charge in [0.1, 0.15) is 11.6 Å². The third kappa shape index (κ3) is 3.21. The van der Waals surface area contributed by atoms with E-state index in [-0.39, 0.29) is 5.75 Å². The molecule has 1 aliphatic heterocycles. The van der Waals surface area contributed by atoms with Gasteiger partial charge in [0, 0.05) is 34.7 Å². The molecule has 2 aromatic carbocycles. The lowest BCUT2D eigenvalue weighted by atomic mass is 9.92. The predicted molar refractivity (Wildman–Crippen MR) is 124 cm³/mol. The number of aromatic hydroxyl groups is 1. The van der Waals surface area contributed by atoms with Gasteiger partial charge < -0.3 is 15.3 Å². The summed E-state index contributed by atoms with van der Waals surface area (Å²) in [5.41, 5.74) is 4.85. The van der Waals surface area contributed by atoms with Gasteiger partial charge >= 0.3 is 0 Å². The topological polar surface area (TPSA) is 68.5 Å². The normalized spacial score (nSPS) is 12.5. The van der Waals surface area contributed by atoms with Crippen molar-refractivity contribution in [3.63, 3.8) is 0 Å². The highest BCUT2D eigenvalue weighted by atomic mass is 16.3. The summed E-state index contributed by atoms with van der Waals surface area (Å²) in [5, 5.41) is 15.6. The Morgan fingerprint density at radius 3 is 2.63 bits per heavy atom. The van der Waals surface area contributed by atoms with Crippen molar-refractivity contribution in [3.05, 3.63) is 46.5 Å². The molecule has 30 heavy (non-hydrogen) atoms. The standard InChI is InChI=1S/C24H28N4O2/c1-5-27(6-2)13-7-11-25-24-22-16(4)21-19-14-17(29)8-9-20(19)28(30)23(21)15(3)18(22)10-12-26-24/h8-10,12,14H,5-7,11,13H2,1-4H3,(H-,25,26,29,30)/p+1. The van der Waals surface area contributed by atoms with Crippen molar-refractivity contribution in [3.8, 4) is 16.9 Å². The molecule has 6 nitrogen and oxygen atoms in total. The van der Waals surface area contributed by atoms with Crippen molar-refractivity contribution in [2.75, 3.05) is 31.5 Å². The van der Waals surface area contributed by atoms with Crippen molar-refractivity contribution in [1.82, 2.24) is 14.6 Å². The number of anilines is 1. The average Bonchev–Trinajstić information content (AvgIpc) is 3.04. The number of hydrogen-bond donors (Lipinski definition) is 2. The fraction of sp³-hybridized carbons (Fsp3) is 0.375. The first kappa shape index (κ1) is 20.3. The van der Waals surface area contributed by atoms with Gasteiger partial charge in [0.25, 0.3) is 11.4 Å². The Balaban J connectivity index is 1.77. The molecule has 1 aliphatic rings. The minimum absolute atomic E-state index is 0.160. The maximum absolute atomic E-state index is 13.0. The summed E-state index contributed by atoms with van der Waals surface area (Å²) in [5.74, 6) is 1.01. The van der Waals surface area contributed by atoms with Crippen LogP contribution < -0.4 is 10.1 Å². The Morgan fingerprint density at radius 2 is 1.90 bits per heavy atom. The van der Waals surface area contributed by atoms with Gasteiger partial charge in [-0.1, -0.05) is 13.8 Å². The number of nitrogens with one attached hydrogen (secondary N) is 1. The Kier molecular flexibility index (Phi) is 5.43. The second-order valence-corrected chi connectivity index (χ2v) is 7.86. The predicted octanol–water partition coefficient (Wildman–Crippen LogP) is 5.28. The summed E-state index contributed by atoms with van der Waals surface area (Å²) in [6.07, 6.45) is 2.84. The van der Waals surface area contributed by atoms with Gasteiger partial charge in [-0.2, -0.15) is 0 Å². The quantitative estimate of drug-likeness (QED) is 0.323. The second kappa shape index (κ2) is 8.03. The summed E-state index contributed by atoms with van der Waals surface area (Å²) >= 11 is 0. The van der Waals surface area contributed by atoms with Gasteiger partial charge in [-0.15, -0.1) is 0 Å². The van der Waals surface area contributed by atoms with Crippen LogP contribution in [0.5, 0.6) is 5.75 Å². The van der Waals surface area contributed by atoms with Crippen LogP contribution in [0.1, 0.15) is 31.4 Å². The number of nitrogens with zero attached hydrogens (tertiary/aromatic N) is 3. The number of phenolic OH excluding ortho intramolecular Hbond substituents is 1. The zero-order valence-corrected chi connectivity index (χ0v) is 18.1. The Morgan fingerprint density at radius 1 is 1.13 bits per heavy atom. The minimum Gasteiger partial charge on any atom is -0.508 e. The number of aryl methyl sites for hydroxylation is 2. The summed E-state index contributed by atoms with van der Waals surface area (Å²) in [6.45, 7) is 12.4. The number of fused-ring (bicyclic) bond motifs is 4. The molecule has 2 heterocycles. The molecule has 4 rings (SSSR count). The van der Waals surface area contributed by atoms with Crippen LogP contribution in [-0.4, -0.2) is 41.2 Å². The number of rotatable bonds is 7. The fourth-order valence-corrected chi connectivity index (χ4v) is 4.56. The summed E-state index contributed by atoms with van der Waals surface area (Å²) in [7, 11) is 0. The Hall–Kier alpha value is -2.99. The molecule has 0 fully saturated rings. The van der Waals surface area contributed by atoms with Gasteiger partial charge in [-0.05, 0) is 69.1 Å². The molecule has 0 saturated carbocycles. The van der Waals surface area contributed by atoms with Gasteiger partial charge in [-0.3, -0.25) is 0 Å². The molecule has 2 N–H and O–H groups in total. The lowest BCUT2D eigenvalue weighted by Gasteiger charge is -2.18. The molecule has 0 aliphatic carbocycles. The van der Waals surface area contributed by atoms with Crippen molar-refractivity contribution < 1.29 is 5.11 Å². The SMILES string of the molecule is CCN(CC)CCCNc1nccc2c(C)c3c(c(C)c12)-c1cc(O)ccc1[N+]3=O. The molecule has 0 unspecified atom stereocenters. The number of aromatic nitrogens is 1. The van der Waals surface area contributed by atoms with E-state index in [1.54, 1.807) is 24.4 Å². The molecule has 0 bridgehead atoms. The van der Waals surface area contributed by atoms with Gasteiger partial charge in [0.05, 0.1) is 15.9 Å². The lowest BCUT2D eigenvalue weighted by molar-refractivity contribution is 0.303. The molecular weight excluding hydrogens is 376 g/mol. The fourth-order valence-electron chi connectivity index (χ4n) is 4.56. The zero-order chi connectivity index (χ0) is 21.4. The van der Waals surface area contributed by atoms with Gasteiger partial charge in [-0.25, -0.2) is 4.98 Å². The van der Waals surface area contributed by atoms with Gasteiger partial charge in [0.2, 0.25) is 0 Å². The molecule has 3 aromatic rings. The first-order valence-corrected chi connectivity index (χ1v) is 10.7.